The van der Waals surface area contributed by atoms with Crippen LogP contribution in [0.4, 0.5) is 5.95 Å². The van der Waals surface area contributed by atoms with Crippen molar-refractivity contribution >= 4 is 51.8 Å². The van der Waals surface area contributed by atoms with Crippen molar-refractivity contribution in [3.63, 3.8) is 0 Å². The number of aliphatic imine (C=N–C) groups is 1. The monoisotopic (exact) mass is 570 g/mol. The highest BCUT2D eigenvalue weighted by molar-refractivity contribution is 14.0. The molecule has 2 aliphatic rings. The Hall–Kier alpha value is -1.42. The number of anilines is 1. The molecular weight excluding hydrogens is 543 g/mol. The molecule has 4 rings (SSSR count). The summed E-state index contributed by atoms with van der Waals surface area (Å²) < 4.78 is 1.15. The van der Waals surface area contributed by atoms with E-state index in [1.165, 1.54) is 24.8 Å². The zero-order chi connectivity index (χ0) is 19.4. The fourth-order valence-corrected chi connectivity index (χ4v) is 4.54. The molecule has 8 heteroatoms. The molecule has 1 aliphatic heterocycles. The highest BCUT2D eigenvalue weighted by atomic mass is 127. The fourth-order valence-electron chi connectivity index (χ4n) is 4.14. The molecule has 0 atom stereocenters. The molecule has 1 aromatic carbocycles. The molecular formula is C21H28BrIN6. The van der Waals surface area contributed by atoms with E-state index in [1.54, 1.807) is 12.4 Å². The molecule has 2 heterocycles. The zero-order valence-corrected chi connectivity index (χ0v) is 20.6. The molecule has 0 radical (unpaired) electrons. The number of guanidine groups is 1. The van der Waals surface area contributed by atoms with Gasteiger partial charge in [0.25, 0.3) is 0 Å². The van der Waals surface area contributed by atoms with Crippen LogP contribution in [0.1, 0.15) is 24.8 Å². The van der Waals surface area contributed by atoms with Gasteiger partial charge in [0.1, 0.15) is 0 Å². The quantitative estimate of drug-likeness (QED) is 0.345. The van der Waals surface area contributed by atoms with Gasteiger partial charge in [-0.15, -0.1) is 24.0 Å². The van der Waals surface area contributed by atoms with Crippen LogP contribution in [0.2, 0.25) is 0 Å². The predicted molar refractivity (Wildman–Crippen MR) is 132 cm³/mol. The van der Waals surface area contributed by atoms with Crippen LogP contribution in [-0.2, 0) is 5.41 Å². The summed E-state index contributed by atoms with van der Waals surface area (Å²) in [7, 11) is 1.88. The predicted octanol–water partition coefficient (Wildman–Crippen LogP) is 3.68. The molecule has 1 saturated heterocycles. The van der Waals surface area contributed by atoms with Crippen LogP contribution in [0.5, 0.6) is 0 Å². The Morgan fingerprint density at radius 2 is 1.86 bits per heavy atom. The lowest BCUT2D eigenvalue weighted by atomic mass is 9.64. The molecule has 0 spiro atoms. The van der Waals surface area contributed by atoms with Crippen molar-refractivity contribution in [1.29, 1.82) is 0 Å². The molecule has 1 aliphatic carbocycles. The lowest BCUT2D eigenvalue weighted by Gasteiger charge is -2.44. The average molecular weight is 571 g/mol. The number of halogens is 2. The topological polar surface area (TPSA) is 56.7 Å². The third-order valence-corrected chi connectivity index (χ3v) is 6.45. The van der Waals surface area contributed by atoms with Crippen LogP contribution in [-0.4, -0.2) is 60.6 Å². The van der Waals surface area contributed by atoms with Crippen LogP contribution < -0.4 is 10.2 Å². The fraction of sp³-hybridized carbons (Fsp3) is 0.476. The molecule has 6 nitrogen and oxygen atoms in total. The van der Waals surface area contributed by atoms with E-state index in [0.29, 0.717) is 0 Å². The maximum atomic E-state index is 4.55. The number of nitrogens with zero attached hydrogens (tertiary/aromatic N) is 5. The van der Waals surface area contributed by atoms with Gasteiger partial charge in [-0.3, -0.25) is 4.99 Å². The normalized spacial score (nSPS) is 18.6. The maximum absolute atomic E-state index is 4.55. The van der Waals surface area contributed by atoms with E-state index in [0.717, 1.165) is 49.1 Å². The summed E-state index contributed by atoms with van der Waals surface area (Å²) in [5.41, 5.74) is 1.64. The number of piperazine rings is 1. The van der Waals surface area contributed by atoms with E-state index in [1.807, 2.05) is 13.1 Å². The van der Waals surface area contributed by atoms with Crippen LogP contribution in [0.15, 0.2) is 52.2 Å². The Labute approximate surface area is 198 Å². The molecule has 1 saturated carbocycles. The van der Waals surface area contributed by atoms with Crippen molar-refractivity contribution in [2.45, 2.75) is 24.7 Å². The van der Waals surface area contributed by atoms with Crippen LogP contribution >= 0.6 is 39.9 Å². The van der Waals surface area contributed by atoms with Gasteiger partial charge in [0, 0.05) is 62.1 Å². The number of nitrogens with one attached hydrogen (secondary N) is 1. The van der Waals surface area contributed by atoms with Gasteiger partial charge < -0.3 is 15.1 Å². The number of benzene rings is 1. The summed E-state index contributed by atoms with van der Waals surface area (Å²) in [6.07, 6.45) is 7.35. The van der Waals surface area contributed by atoms with Crippen molar-refractivity contribution in [3.8, 4) is 0 Å². The Morgan fingerprint density at radius 3 is 2.45 bits per heavy atom. The van der Waals surface area contributed by atoms with Crippen LogP contribution in [0, 0.1) is 0 Å². The van der Waals surface area contributed by atoms with Gasteiger partial charge in [0.2, 0.25) is 5.95 Å². The highest BCUT2D eigenvalue weighted by Gasteiger charge is 2.39. The SMILES string of the molecule is CN=C(NCC1(c2cccc(Br)c2)CCC1)N1CCN(c2ncccn2)CC1.I. The summed E-state index contributed by atoms with van der Waals surface area (Å²) in [6.45, 7) is 4.57. The second-order valence-electron chi connectivity index (χ2n) is 7.57. The minimum absolute atomic E-state index is 0. The molecule has 2 aromatic rings. The molecule has 1 N–H and O–H groups in total. The first-order chi connectivity index (χ1) is 13.7. The first-order valence-electron chi connectivity index (χ1n) is 9.94. The average Bonchev–Trinajstić information content (AvgIpc) is 2.71. The molecule has 2 fully saturated rings. The van der Waals surface area contributed by atoms with Gasteiger partial charge in [-0.1, -0.05) is 34.5 Å². The molecule has 0 bridgehead atoms. The first kappa shape index (κ1) is 22.3. The van der Waals surface area contributed by atoms with E-state index < -0.39 is 0 Å². The lowest BCUT2D eigenvalue weighted by Crippen LogP contribution is -2.55. The molecule has 29 heavy (non-hydrogen) atoms. The number of hydrogen-bond donors (Lipinski definition) is 1. The lowest BCUT2D eigenvalue weighted by molar-refractivity contribution is 0.240. The Morgan fingerprint density at radius 1 is 1.14 bits per heavy atom. The van der Waals surface area contributed by atoms with Gasteiger partial charge in [-0.05, 0) is 36.6 Å². The van der Waals surface area contributed by atoms with E-state index in [9.17, 15) is 0 Å². The van der Waals surface area contributed by atoms with Gasteiger partial charge >= 0.3 is 0 Å². The summed E-state index contributed by atoms with van der Waals surface area (Å²) in [5, 5.41) is 3.67. The van der Waals surface area contributed by atoms with Gasteiger partial charge in [-0.25, -0.2) is 9.97 Å². The molecule has 156 valence electrons. The minimum Gasteiger partial charge on any atom is -0.355 e. The van der Waals surface area contributed by atoms with Gasteiger partial charge in [0.15, 0.2) is 5.96 Å². The van der Waals surface area contributed by atoms with Crippen molar-refractivity contribution in [2.75, 3.05) is 44.7 Å². The van der Waals surface area contributed by atoms with E-state index in [4.69, 9.17) is 0 Å². The van der Waals surface area contributed by atoms with Crippen molar-refractivity contribution in [2.24, 2.45) is 4.99 Å². The van der Waals surface area contributed by atoms with Crippen LogP contribution in [0.3, 0.4) is 0 Å². The summed E-state index contributed by atoms with van der Waals surface area (Å²) >= 11 is 3.62. The summed E-state index contributed by atoms with van der Waals surface area (Å²) in [6, 6.07) is 10.6. The Bertz CT molecular complexity index is 819. The number of aromatic nitrogens is 2. The van der Waals surface area contributed by atoms with E-state index in [-0.39, 0.29) is 29.4 Å². The number of hydrogen-bond acceptors (Lipinski definition) is 4. The van der Waals surface area contributed by atoms with Gasteiger partial charge in [0.05, 0.1) is 0 Å². The van der Waals surface area contributed by atoms with E-state index in [2.05, 4.69) is 70.3 Å². The third kappa shape index (κ3) is 5.02. The smallest absolute Gasteiger partial charge is 0.225 e. The summed E-state index contributed by atoms with van der Waals surface area (Å²) in [4.78, 5) is 17.9. The first-order valence-corrected chi connectivity index (χ1v) is 10.7. The zero-order valence-electron chi connectivity index (χ0n) is 16.7. The highest BCUT2D eigenvalue weighted by Crippen LogP contribution is 2.43. The largest absolute Gasteiger partial charge is 0.355 e. The maximum Gasteiger partial charge on any atom is 0.225 e. The minimum atomic E-state index is 0. The Kier molecular flexibility index (Phi) is 7.72. The van der Waals surface area contributed by atoms with E-state index >= 15 is 0 Å². The van der Waals surface area contributed by atoms with Gasteiger partial charge in [-0.2, -0.15) is 0 Å². The Balaban J connectivity index is 0.00000240. The van der Waals surface area contributed by atoms with Crippen molar-refractivity contribution < 1.29 is 0 Å². The van der Waals surface area contributed by atoms with Crippen molar-refractivity contribution in [3.05, 3.63) is 52.8 Å². The summed E-state index contributed by atoms with van der Waals surface area (Å²) in [5.74, 6) is 1.81. The second-order valence-corrected chi connectivity index (χ2v) is 8.48. The van der Waals surface area contributed by atoms with Crippen LogP contribution in [0.25, 0.3) is 0 Å². The third-order valence-electron chi connectivity index (χ3n) is 5.96. The second kappa shape index (κ2) is 10.1. The number of rotatable bonds is 4. The standard InChI is InChI=1S/C21H27BrN6.HI/c1-23-19(27-11-13-28(14-12-27)20-24-9-4-10-25-20)26-16-21(7-3-8-21)17-5-2-6-18(22)15-17;/h2,4-6,9-10,15H,3,7-8,11-14,16H2,1H3,(H,23,26);1H. The molecule has 0 unspecified atom stereocenters. The molecule has 0 amide bonds. The molecule has 1 aromatic heterocycles. The van der Waals surface area contributed by atoms with Crippen molar-refractivity contribution in [1.82, 2.24) is 20.2 Å².